The van der Waals surface area contributed by atoms with Gasteiger partial charge in [-0.1, -0.05) is 0 Å². The number of nitrogens with zero attached hydrogens (tertiary/aromatic N) is 2. The second-order valence-corrected chi connectivity index (χ2v) is 10.3. The van der Waals surface area contributed by atoms with Crippen molar-refractivity contribution in [2.24, 2.45) is 5.92 Å². The van der Waals surface area contributed by atoms with Crippen LogP contribution in [0.15, 0.2) is 35.2 Å². The van der Waals surface area contributed by atoms with Crippen LogP contribution in [0.3, 0.4) is 0 Å². The lowest BCUT2D eigenvalue weighted by Gasteiger charge is -2.30. The number of carbonyl (C=O) groups is 2. The Morgan fingerprint density at radius 3 is 2.25 bits per heavy atom. The Kier molecular flexibility index (Phi) is 7.19. The molecule has 1 aliphatic rings. The van der Waals surface area contributed by atoms with E-state index in [2.05, 4.69) is 4.57 Å². The van der Waals surface area contributed by atoms with Crippen molar-refractivity contribution in [2.75, 3.05) is 19.7 Å². The van der Waals surface area contributed by atoms with E-state index in [1.54, 1.807) is 0 Å². The lowest BCUT2D eigenvalue weighted by molar-refractivity contribution is -0.148. The van der Waals surface area contributed by atoms with Gasteiger partial charge in [-0.05, 0) is 70.9 Å². The number of hydrogen-bond acceptors (Lipinski definition) is 5. The van der Waals surface area contributed by atoms with Gasteiger partial charge in [0, 0.05) is 36.1 Å². The van der Waals surface area contributed by atoms with Gasteiger partial charge in [0.1, 0.15) is 5.82 Å². The second-order valence-electron chi connectivity index (χ2n) is 8.41. The number of piperidine rings is 1. The number of hydrogen-bond donors (Lipinski definition) is 0. The topological polar surface area (TPSA) is 85.7 Å². The van der Waals surface area contributed by atoms with Crippen LogP contribution < -0.4 is 0 Å². The number of halogens is 1. The summed E-state index contributed by atoms with van der Waals surface area (Å²) in [5, 5.41) is 0. The highest BCUT2D eigenvalue weighted by atomic mass is 32.2. The maximum Gasteiger partial charge on any atom is 0.309 e. The van der Waals surface area contributed by atoms with Gasteiger partial charge in [0.15, 0.2) is 6.61 Å². The molecule has 32 heavy (non-hydrogen) atoms. The van der Waals surface area contributed by atoms with Crippen molar-refractivity contribution in [2.45, 2.75) is 51.5 Å². The molecule has 0 N–H and O–H groups in total. The highest BCUT2D eigenvalue weighted by molar-refractivity contribution is 7.89. The quantitative estimate of drug-likeness (QED) is 0.461. The fourth-order valence-electron chi connectivity index (χ4n) is 4.27. The number of rotatable bonds is 7. The molecule has 3 rings (SSSR count). The van der Waals surface area contributed by atoms with Crippen molar-refractivity contribution in [3.05, 3.63) is 53.1 Å². The zero-order chi connectivity index (χ0) is 23.6. The van der Waals surface area contributed by atoms with E-state index in [1.165, 1.54) is 16.4 Å². The summed E-state index contributed by atoms with van der Waals surface area (Å²) in [7, 11) is -3.75. The lowest BCUT2D eigenvalue weighted by Crippen LogP contribution is -2.40. The SMILES string of the molecule is Cc1cc(C(=O)COC(=O)C2CCN(S(=O)(=O)c3ccc(F)cc3)CC2)c(C)n1C(C)C. The molecule has 1 saturated heterocycles. The number of esters is 1. The van der Waals surface area contributed by atoms with E-state index in [-0.39, 0.29) is 36.4 Å². The first-order valence-corrected chi connectivity index (χ1v) is 12.1. The maximum absolute atomic E-state index is 13.1. The summed E-state index contributed by atoms with van der Waals surface area (Å²) >= 11 is 0. The molecule has 0 saturated carbocycles. The van der Waals surface area contributed by atoms with Gasteiger partial charge >= 0.3 is 5.97 Å². The molecule has 2 heterocycles. The van der Waals surface area contributed by atoms with E-state index in [0.717, 1.165) is 23.5 Å². The summed E-state index contributed by atoms with van der Waals surface area (Å²) in [6, 6.07) is 6.69. The molecule has 0 unspecified atom stereocenters. The minimum absolute atomic E-state index is 0.0181. The van der Waals surface area contributed by atoms with Gasteiger partial charge < -0.3 is 9.30 Å². The van der Waals surface area contributed by atoms with E-state index in [4.69, 9.17) is 4.74 Å². The Bertz CT molecular complexity index is 1100. The summed E-state index contributed by atoms with van der Waals surface area (Å²) in [5.74, 6) is -1.72. The molecular weight excluding hydrogens is 435 g/mol. The van der Waals surface area contributed by atoms with Crippen molar-refractivity contribution in [3.63, 3.8) is 0 Å². The van der Waals surface area contributed by atoms with E-state index in [1.807, 2.05) is 33.8 Å². The van der Waals surface area contributed by atoms with E-state index >= 15 is 0 Å². The Hall–Kier alpha value is -2.52. The third-order valence-electron chi connectivity index (χ3n) is 5.89. The first kappa shape index (κ1) is 24.1. The second kappa shape index (κ2) is 9.54. The van der Waals surface area contributed by atoms with Gasteiger partial charge in [0.25, 0.3) is 0 Å². The Morgan fingerprint density at radius 1 is 1.12 bits per heavy atom. The molecule has 1 fully saturated rings. The molecule has 0 aliphatic carbocycles. The number of aromatic nitrogens is 1. The molecule has 1 aromatic carbocycles. The molecule has 0 spiro atoms. The summed E-state index contributed by atoms with van der Waals surface area (Å²) in [4.78, 5) is 25.1. The van der Waals surface area contributed by atoms with Crippen LogP contribution in [-0.2, 0) is 19.6 Å². The molecule has 1 aromatic heterocycles. The predicted octanol–water partition coefficient (Wildman–Crippen LogP) is 3.65. The van der Waals surface area contributed by atoms with Gasteiger partial charge in [-0.25, -0.2) is 12.8 Å². The highest BCUT2D eigenvalue weighted by Crippen LogP contribution is 2.25. The third kappa shape index (κ3) is 4.94. The van der Waals surface area contributed by atoms with Gasteiger partial charge in [0.2, 0.25) is 15.8 Å². The molecular formula is C23H29FN2O5S. The van der Waals surface area contributed by atoms with E-state index in [9.17, 15) is 22.4 Å². The minimum Gasteiger partial charge on any atom is -0.457 e. The highest BCUT2D eigenvalue weighted by Gasteiger charge is 2.33. The largest absolute Gasteiger partial charge is 0.457 e. The predicted molar refractivity (Wildman–Crippen MR) is 117 cm³/mol. The average molecular weight is 465 g/mol. The maximum atomic E-state index is 13.1. The van der Waals surface area contributed by atoms with E-state index in [0.29, 0.717) is 18.4 Å². The standard InChI is InChI=1S/C23H29FN2O5S/c1-15(2)26-16(3)13-21(17(26)4)22(27)14-31-23(28)18-9-11-25(12-10-18)32(29,30)20-7-5-19(24)6-8-20/h5-8,13,15,18H,9-12,14H2,1-4H3. The first-order chi connectivity index (χ1) is 15.0. The molecule has 0 amide bonds. The minimum atomic E-state index is -3.75. The monoisotopic (exact) mass is 464 g/mol. The normalized spacial score (nSPS) is 15.8. The summed E-state index contributed by atoms with van der Waals surface area (Å²) in [6.45, 7) is 7.86. The van der Waals surface area contributed by atoms with Crippen molar-refractivity contribution in [1.82, 2.24) is 8.87 Å². The number of ether oxygens (including phenoxy) is 1. The van der Waals surface area contributed by atoms with Crippen molar-refractivity contribution in [1.29, 1.82) is 0 Å². The van der Waals surface area contributed by atoms with Gasteiger partial charge in [-0.3, -0.25) is 9.59 Å². The van der Waals surface area contributed by atoms with Gasteiger partial charge in [0.05, 0.1) is 10.8 Å². The zero-order valence-electron chi connectivity index (χ0n) is 18.8. The van der Waals surface area contributed by atoms with E-state index < -0.39 is 27.7 Å². The number of aryl methyl sites for hydroxylation is 1. The van der Waals surface area contributed by atoms with Crippen LogP contribution in [0.5, 0.6) is 0 Å². The molecule has 2 aromatic rings. The fourth-order valence-corrected chi connectivity index (χ4v) is 5.74. The number of ketones is 1. The fraction of sp³-hybridized carbons (Fsp3) is 0.478. The molecule has 0 radical (unpaired) electrons. The van der Waals surface area contributed by atoms with Gasteiger partial charge in [-0.2, -0.15) is 4.31 Å². The zero-order valence-corrected chi connectivity index (χ0v) is 19.6. The summed E-state index contributed by atoms with van der Waals surface area (Å²) in [6.07, 6.45) is 0.602. The number of Topliss-reactive ketones (excluding diaryl/α,β-unsaturated/α-hetero) is 1. The van der Waals surface area contributed by atoms with Crippen LogP contribution in [0.25, 0.3) is 0 Å². The van der Waals surface area contributed by atoms with Crippen LogP contribution >= 0.6 is 0 Å². The molecule has 1 aliphatic heterocycles. The molecule has 0 atom stereocenters. The first-order valence-electron chi connectivity index (χ1n) is 10.7. The Balaban J connectivity index is 1.55. The molecule has 9 heteroatoms. The third-order valence-corrected chi connectivity index (χ3v) is 7.80. The molecule has 174 valence electrons. The smallest absolute Gasteiger partial charge is 0.309 e. The van der Waals surface area contributed by atoms with Crippen LogP contribution in [0, 0.1) is 25.6 Å². The molecule has 0 bridgehead atoms. The lowest BCUT2D eigenvalue weighted by atomic mass is 9.98. The van der Waals surface area contributed by atoms with Crippen molar-refractivity contribution in [3.8, 4) is 0 Å². The molecule has 7 nitrogen and oxygen atoms in total. The summed E-state index contributed by atoms with van der Waals surface area (Å²) < 4.78 is 47.1. The number of carbonyl (C=O) groups excluding carboxylic acids is 2. The van der Waals surface area contributed by atoms with Crippen LogP contribution in [0.4, 0.5) is 4.39 Å². The van der Waals surface area contributed by atoms with Crippen LogP contribution in [0.2, 0.25) is 0 Å². The summed E-state index contributed by atoms with van der Waals surface area (Å²) in [5.41, 5.74) is 2.36. The average Bonchev–Trinajstić information content (AvgIpc) is 3.06. The van der Waals surface area contributed by atoms with Crippen LogP contribution in [-0.4, -0.2) is 48.7 Å². The van der Waals surface area contributed by atoms with Gasteiger partial charge in [-0.15, -0.1) is 0 Å². The number of benzene rings is 1. The van der Waals surface area contributed by atoms with Crippen LogP contribution in [0.1, 0.15) is 54.5 Å². The Morgan fingerprint density at radius 2 is 1.72 bits per heavy atom. The number of sulfonamides is 1. The van der Waals surface area contributed by atoms with Crippen molar-refractivity contribution < 1.29 is 27.1 Å². The Labute approximate surface area is 188 Å². The van der Waals surface area contributed by atoms with Crippen molar-refractivity contribution >= 4 is 21.8 Å².